The third kappa shape index (κ3) is 5.75. The number of ketones is 1. The summed E-state index contributed by atoms with van der Waals surface area (Å²) in [5, 5.41) is 23.0. The van der Waals surface area contributed by atoms with E-state index >= 15 is 0 Å². The second-order valence-corrected chi connectivity index (χ2v) is 10.6. The molecule has 3 aromatic carbocycles. The number of aromatic nitrogens is 1. The molecule has 5 rings (SSSR count). The fraction of sp³-hybridized carbons (Fsp3) is 0.323. The van der Waals surface area contributed by atoms with Crippen LogP contribution in [-0.2, 0) is 12.1 Å². The number of hydrogen-bond donors (Lipinski definition) is 1. The zero-order valence-corrected chi connectivity index (χ0v) is 22.9. The number of Topliss-reactive ketones (excluding diaryl/α,β-unsaturated/α-hetero) is 1. The molecule has 1 fully saturated rings. The number of hydrogen-bond acceptors (Lipinski definition) is 6. The number of alkyl halides is 3. The molecule has 1 N–H and O–H groups in total. The van der Waals surface area contributed by atoms with Crippen LogP contribution in [0.25, 0.3) is 10.9 Å². The van der Waals surface area contributed by atoms with Crippen molar-refractivity contribution in [1.29, 1.82) is 0 Å². The van der Waals surface area contributed by atoms with Crippen LogP contribution in [0.5, 0.6) is 5.75 Å². The molecule has 0 saturated carbocycles. The molecule has 11 heteroatoms. The second-order valence-electron chi connectivity index (χ2n) is 10.6. The van der Waals surface area contributed by atoms with Gasteiger partial charge >= 0.3 is 6.18 Å². The van der Waals surface area contributed by atoms with Crippen LogP contribution in [0.2, 0.25) is 0 Å². The summed E-state index contributed by atoms with van der Waals surface area (Å²) in [6.45, 7) is -0.190. The Kier molecular flexibility index (Phi) is 8.07. The molecule has 0 amide bonds. The van der Waals surface area contributed by atoms with Gasteiger partial charge in [-0.3, -0.25) is 19.8 Å². The van der Waals surface area contributed by atoms with Gasteiger partial charge in [0, 0.05) is 53.9 Å². The van der Waals surface area contributed by atoms with Gasteiger partial charge < -0.3 is 14.4 Å². The van der Waals surface area contributed by atoms with Gasteiger partial charge in [-0.2, -0.15) is 13.2 Å². The third-order valence-electron chi connectivity index (χ3n) is 7.97. The van der Waals surface area contributed by atoms with Gasteiger partial charge in [0.15, 0.2) is 5.78 Å². The van der Waals surface area contributed by atoms with Crippen molar-refractivity contribution in [3.05, 3.63) is 106 Å². The van der Waals surface area contributed by atoms with Gasteiger partial charge in [0.05, 0.1) is 17.5 Å². The Morgan fingerprint density at radius 2 is 1.71 bits per heavy atom. The highest BCUT2D eigenvalue weighted by Crippen LogP contribution is 2.44. The highest BCUT2D eigenvalue weighted by molar-refractivity contribution is 5.98. The molecule has 0 radical (unpaired) electrons. The highest BCUT2D eigenvalue weighted by atomic mass is 19.4. The van der Waals surface area contributed by atoms with Crippen LogP contribution < -0.4 is 4.74 Å². The van der Waals surface area contributed by atoms with E-state index in [2.05, 4.69) is 0 Å². The topological polar surface area (TPSA) is 97.8 Å². The van der Waals surface area contributed by atoms with E-state index in [0.717, 1.165) is 11.6 Å². The van der Waals surface area contributed by atoms with Crippen molar-refractivity contribution < 1.29 is 32.7 Å². The predicted molar refractivity (Wildman–Crippen MR) is 151 cm³/mol. The maximum Gasteiger partial charge on any atom is 0.422 e. The number of nitrogens with zero attached hydrogens (tertiary/aromatic N) is 3. The number of rotatable bonds is 9. The van der Waals surface area contributed by atoms with E-state index in [0.29, 0.717) is 24.2 Å². The molecule has 2 heterocycles. The number of carbonyl (C=O) groups is 1. The van der Waals surface area contributed by atoms with Crippen molar-refractivity contribution in [1.82, 2.24) is 9.47 Å². The number of halogens is 3. The monoisotopic (exact) mass is 581 g/mol. The molecule has 4 aromatic rings. The van der Waals surface area contributed by atoms with E-state index in [1.807, 2.05) is 6.07 Å². The van der Waals surface area contributed by atoms with Crippen LogP contribution in [-0.4, -0.2) is 58.2 Å². The van der Waals surface area contributed by atoms with E-state index in [4.69, 9.17) is 4.74 Å². The van der Waals surface area contributed by atoms with Gasteiger partial charge in [-0.1, -0.05) is 30.3 Å². The van der Waals surface area contributed by atoms with E-state index < -0.39 is 23.2 Å². The van der Waals surface area contributed by atoms with Crippen molar-refractivity contribution in [3.8, 4) is 5.75 Å². The van der Waals surface area contributed by atoms with Crippen LogP contribution in [0.3, 0.4) is 0 Å². The van der Waals surface area contributed by atoms with Crippen molar-refractivity contribution in [3.63, 3.8) is 0 Å². The number of β-amino-alcohol motifs (C(OH)–C–C–N with tert-alkyl or cyclic N) is 1. The average Bonchev–Trinajstić information content (AvgIpc) is 3.35. The summed E-state index contributed by atoms with van der Waals surface area (Å²) in [5.74, 6) is 0.198. The van der Waals surface area contributed by atoms with Crippen molar-refractivity contribution >= 4 is 22.4 Å². The van der Waals surface area contributed by atoms with Crippen LogP contribution in [0.4, 0.5) is 18.9 Å². The molecule has 1 saturated heterocycles. The summed E-state index contributed by atoms with van der Waals surface area (Å²) in [6, 6.07) is 19.4. The van der Waals surface area contributed by atoms with Crippen LogP contribution in [0.15, 0.2) is 79.0 Å². The number of fused-ring (bicyclic) bond motifs is 1. The third-order valence-corrected chi connectivity index (χ3v) is 7.97. The average molecular weight is 582 g/mol. The summed E-state index contributed by atoms with van der Waals surface area (Å²) in [4.78, 5) is 25.4. The first kappa shape index (κ1) is 29.3. The molecule has 0 aliphatic carbocycles. The van der Waals surface area contributed by atoms with Gasteiger partial charge in [0.2, 0.25) is 5.60 Å². The second kappa shape index (κ2) is 11.6. The Bertz CT molecular complexity index is 1580. The number of non-ortho nitro benzene ring substituents is 1. The van der Waals surface area contributed by atoms with Crippen LogP contribution in [0.1, 0.15) is 34.3 Å². The van der Waals surface area contributed by atoms with Gasteiger partial charge in [-0.05, 0) is 61.8 Å². The first-order chi connectivity index (χ1) is 20.0. The predicted octanol–water partition coefficient (Wildman–Crippen LogP) is 5.95. The number of ether oxygens (including phenoxy) is 1. The van der Waals surface area contributed by atoms with Crippen LogP contribution >= 0.6 is 0 Å². The highest BCUT2D eigenvalue weighted by Gasteiger charge is 2.57. The number of carbonyl (C=O) groups excluding carboxylic acids is 1. The summed E-state index contributed by atoms with van der Waals surface area (Å²) >= 11 is 0. The number of aliphatic hydroxyl groups is 1. The molecule has 0 bridgehead atoms. The minimum Gasteiger partial charge on any atom is -0.497 e. The minimum atomic E-state index is -5.05. The summed E-state index contributed by atoms with van der Waals surface area (Å²) in [7, 11) is 1.53. The smallest absolute Gasteiger partial charge is 0.422 e. The molecule has 1 atom stereocenters. The van der Waals surface area contributed by atoms with E-state index in [9.17, 15) is 33.2 Å². The fourth-order valence-electron chi connectivity index (χ4n) is 5.63. The first-order valence-corrected chi connectivity index (χ1v) is 13.5. The van der Waals surface area contributed by atoms with Crippen molar-refractivity contribution in [2.24, 2.45) is 5.92 Å². The number of nitro benzene ring substituents is 1. The lowest BCUT2D eigenvalue weighted by Gasteiger charge is -2.38. The summed E-state index contributed by atoms with van der Waals surface area (Å²) in [5.41, 5.74) is -2.37. The Morgan fingerprint density at radius 3 is 2.31 bits per heavy atom. The first-order valence-electron chi connectivity index (χ1n) is 13.5. The lowest BCUT2D eigenvalue weighted by molar-refractivity contribution is -0.384. The van der Waals surface area contributed by atoms with Gasteiger partial charge in [-0.15, -0.1) is 0 Å². The Hall–Kier alpha value is -4.22. The van der Waals surface area contributed by atoms with E-state index in [-0.39, 0.29) is 53.5 Å². The molecule has 1 aromatic heterocycles. The lowest BCUT2D eigenvalue weighted by atomic mass is 9.87. The maximum absolute atomic E-state index is 14.7. The van der Waals surface area contributed by atoms with Gasteiger partial charge in [-0.25, -0.2) is 0 Å². The van der Waals surface area contributed by atoms with Crippen molar-refractivity contribution in [2.75, 3.05) is 26.7 Å². The molecule has 42 heavy (non-hydrogen) atoms. The molecule has 1 aliphatic rings. The maximum atomic E-state index is 14.7. The Labute approximate surface area is 240 Å². The minimum absolute atomic E-state index is 0.0750. The number of likely N-dealkylation sites (tertiary alicyclic amines) is 1. The number of piperidine rings is 1. The Balaban J connectivity index is 1.42. The van der Waals surface area contributed by atoms with E-state index in [1.54, 1.807) is 48.5 Å². The Morgan fingerprint density at radius 1 is 1.05 bits per heavy atom. The van der Waals surface area contributed by atoms with E-state index in [1.165, 1.54) is 34.9 Å². The lowest BCUT2D eigenvalue weighted by Crippen LogP contribution is -2.52. The molecule has 1 unspecified atom stereocenters. The van der Waals surface area contributed by atoms with Gasteiger partial charge in [0.25, 0.3) is 5.69 Å². The molecule has 8 nitrogen and oxygen atoms in total. The zero-order valence-electron chi connectivity index (χ0n) is 22.9. The number of nitro groups is 1. The molecule has 1 aliphatic heterocycles. The SMILES string of the molecule is COc1ccc(C(=O)C2CCN(CC(O)(c3cn(Cc4ccccc4)c4cc([N+](=O)[O-])ccc34)C(F)(F)F)CC2)cc1. The fourth-order valence-corrected chi connectivity index (χ4v) is 5.63. The number of benzene rings is 3. The molecular weight excluding hydrogens is 551 g/mol. The largest absolute Gasteiger partial charge is 0.497 e. The summed E-state index contributed by atoms with van der Waals surface area (Å²) in [6.07, 6.45) is -3.10. The van der Waals surface area contributed by atoms with Gasteiger partial charge in [0.1, 0.15) is 5.75 Å². The molecule has 0 spiro atoms. The van der Waals surface area contributed by atoms with Crippen molar-refractivity contribution in [2.45, 2.75) is 31.2 Å². The standard InChI is InChI=1S/C31H30F3N3O5/c1-42-25-10-7-22(8-11-25)29(38)23-13-15-35(16-14-23)20-30(39,31(32,33)34)27-19-36(18-21-5-3-2-4-6-21)28-17-24(37(40)41)9-12-26(27)28/h2-12,17,19,23,39H,13-16,18,20H2,1H3. The number of methoxy groups -OCH3 is 1. The molecular formula is C31H30F3N3O5. The van der Waals surface area contributed by atoms with Crippen LogP contribution in [0, 0.1) is 16.0 Å². The molecule has 220 valence electrons. The zero-order chi connectivity index (χ0) is 30.1. The normalized spacial score (nSPS) is 16.3. The quantitative estimate of drug-likeness (QED) is 0.149. The summed E-state index contributed by atoms with van der Waals surface area (Å²) < 4.78 is 50.9.